The van der Waals surface area contributed by atoms with E-state index in [0.717, 1.165) is 6.42 Å². The quantitative estimate of drug-likeness (QED) is 0.0341. The number of hydrogen-bond donors (Lipinski definition) is 16. The number of carbonyl (C=O) groups excluding carboxylic acids is 6. The number of ether oxygens (including phenoxy) is 2. The Labute approximate surface area is 360 Å². The first-order chi connectivity index (χ1) is 29.5. The molecule has 0 radical (unpaired) electrons. The predicted octanol–water partition coefficient (Wildman–Crippen LogP) is -6.91. The third kappa shape index (κ3) is 18.1. The number of nitrogens with zero attached hydrogens (tertiary/aromatic N) is 1. The van der Waals surface area contributed by atoms with Crippen LogP contribution in [-0.4, -0.2) is 169 Å². The van der Waals surface area contributed by atoms with Crippen LogP contribution in [0.15, 0.2) is 4.99 Å². The second-order valence-corrected chi connectivity index (χ2v) is 16.1. The Morgan fingerprint density at radius 1 is 0.790 bits per heavy atom. The summed E-state index contributed by atoms with van der Waals surface area (Å²) in [6, 6.07) is -4.69. The fourth-order valence-electron chi connectivity index (χ4n) is 7.32. The average molecular weight is 887 g/mol. The van der Waals surface area contributed by atoms with Crippen molar-refractivity contribution in [3.8, 4) is 0 Å². The van der Waals surface area contributed by atoms with Crippen LogP contribution in [0.1, 0.15) is 77.0 Å². The topological polar surface area (TPSA) is 434 Å². The normalized spacial score (nSPS) is 26.3. The van der Waals surface area contributed by atoms with Gasteiger partial charge in [0.1, 0.15) is 18.2 Å². The van der Waals surface area contributed by atoms with E-state index in [1.807, 2.05) is 0 Å². The third-order valence-corrected chi connectivity index (χ3v) is 10.6. The molecule has 0 aromatic carbocycles. The van der Waals surface area contributed by atoms with Crippen molar-refractivity contribution in [1.82, 2.24) is 37.2 Å². The summed E-state index contributed by atoms with van der Waals surface area (Å²) in [6.07, 6.45) is -3.15. The van der Waals surface area contributed by atoms with Crippen molar-refractivity contribution in [3.05, 3.63) is 0 Å². The zero-order valence-electron chi connectivity index (χ0n) is 35.2. The number of piperidine rings is 1. The maximum absolute atomic E-state index is 13.2. The first-order valence-electron chi connectivity index (χ1n) is 21.3. The standard InChI is InChI=1S/C37H70N14O11/c38-9-1-5-19(39)13-25(54)44-10-2-6-20(40)14-26(55)45-11-3-7-21(41)15-27(56)46-12-4-8-22(42)16-28(57)48-31-32(58)33(62-36(43)60)24(18-52)61-35(31)51-37-49-29-23(53)17-47-34(59)30(29)50-37/h19-24,29-33,35,52-53,58H,1-18,38-42H2,(H2,43,60)(H,44,54)(H,45,55)(H,46,56)(H,47,59)(H,48,57)(H2,49,50,51)/t19-,20-,21-,22-,23+,24+,29+,30+,31+,32-,33-,35+/m0/s1. The molecule has 3 heterocycles. The maximum atomic E-state index is 13.2. The molecule has 0 aliphatic carbocycles. The van der Waals surface area contributed by atoms with Gasteiger partial charge >= 0.3 is 6.09 Å². The van der Waals surface area contributed by atoms with Crippen molar-refractivity contribution in [1.29, 1.82) is 0 Å². The van der Waals surface area contributed by atoms with Crippen molar-refractivity contribution < 1.29 is 53.6 Å². The third-order valence-electron chi connectivity index (χ3n) is 10.6. The lowest BCUT2D eigenvalue weighted by Gasteiger charge is -2.44. The molecule has 3 aliphatic rings. The highest BCUT2D eigenvalue weighted by Crippen LogP contribution is 2.24. The fourth-order valence-corrected chi connectivity index (χ4v) is 7.32. The van der Waals surface area contributed by atoms with E-state index >= 15 is 0 Å². The molecule has 0 unspecified atom stereocenters. The van der Waals surface area contributed by atoms with E-state index in [9.17, 15) is 44.1 Å². The minimum absolute atomic E-state index is 0.00971. The summed E-state index contributed by atoms with van der Waals surface area (Å²) in [7, 11) is 0. The van der Waals surface area contributed by atoms with Crippen molar-refractivity contribution in [2.75, 3.05) is 39.3 Å². The Balaban J connectivity index is 1.31. The lowest BCUT2D eigenvalue weighted by molar-refractivity contribution is -0.198. The Morgan fingerprint density at radius 3 is 1.73 bits per heavy atom. The van der Waals surface area contributed by atoms with Gasteiger partial charge in [-0.15, -0.1) is 0 Å². The van der Waals surface area contributed by atoms with Crippen LogP contribution < -0.4 is 71.6 Å². The highest BCUT2D eigenvalue weighted by atomic mass is 16.6. The summed E-state index contributed by atoms with van der Waals surface area (Å²) >= 11 is 0. The Hall–Kier alpha value is -4.47. The SMILES string of the molecule is NCCC[C@H](N)CC(=O)NCCC[C@H](N)CC(=O)NCCC[C@H](N)CC(=O)NCCC[C@H](N)CC(=O)N[C@@H]1[C@H](O)[C@@H](OC(N)=O)[C@@H](CO)O[C@H]1NC1=N[C@H]2C(=O)NC[C@@H](O)[C@H]2N1. The summed E-state index contributed by atoms with van der Waals surface area (Å²) in [5.41, 5.74) is 35.0. The van der Waals surface area contributed by atoms with Gasteiger partial charge in [-0.1, -0.05) is 0 Å². The molecule has 22 N–H and O–H groups in total. The van der Waals surface area contributed by atoms with Gasteiger partial charge in [0.25, 0.3) is 0 Å². The van der Waals surface area contributed by atoms with Crippen molar-refractivity contribution in [2.45, 2.75) is 150 Å². The molecule has 0 spiro atoms. The summed E-state index contributed by atoms with van der Waals surface area (Å²) in [4.78, 5) is 78.0. The van der Waals surface area contributed by atoms with Crippen LogP contribution in [-0.2, 0) is 33.4 Å². The number of amides is 6. The molecule has 2 fully saturated rings. The molecule has 25 nitrogen and oxygen atoms in total. The number of aliphatic hydroxyl groups is 3. The smallest absolute Gasteiger partial charge is 0.404 e. The van der Waals surface area contributed by atoms with Crippen LogP contribution in [0.25, 0.3) is 0 Å². The van der Waals surface area contributed by atoms with Gasteiger partial charge < -0.3 is 96.4 Å². The van der Waals surface area contributed by atoms with Crippen LogP contribution in [0.3, 0.4) is 0 Å². The van der Waals surface area contributed by atoms with Crippen LogP contribution in [0.2, 0.25) is 0 Å². The fraction of sp³-hybridized carbons (Fsp3) is 0.811. The molecule has 3 aliphatic heterocycles. The zero-order chi connectivity index (χ0) is 45.8. The van der Waals surface area contributed by atoms with Crippen LogP contribution in [0.4, 0.5) is 4.79 Å². The molecule has 6 amide bonds. The van der Waals surface area contributed by atoms with E-state index in [2.05, 4.69) is 42.2 Å². The highest BCUT2D eigenvalue weighted by Gasteiger charge is 2.49. The second-order valence-electron chi connectivity index (χ2n) is 16.1. The first-order valence-corrected chi connectivity index (χ1v) is 21.3. The van der Waals surface area contributed by atoms with E-state index in [0.29, 0.717) is 64.6 Å². The van der Waals surface area contributed by atoms with Crippen LogP contribution in [0, 0.1) is 0 Å². The molecule has 12 atom stereocenters. The molecule has 0 bridgehead atoms. The van der Waals surface area contributed by atoms with Crippen molar-refractivity contribution in [2.24, 2.45) is 39.4 Å². The molecule has 0 saturated carbocycles. The number of aliphatic hydroxyl groups excluding tert-OH is 3. The zero-order valence-corrected chi connectivity index (χ0v) is 35.2. The summed E-state index contributed by atoms with van der Waals surface area (Å²) < 4.78 is 10.9. The molecule has 0 aromatic rings. The van der Waals surface area contributed by atoms with Crippen molar-refractivity contribution in [3.63, 3.8) is 0 Å². The van der Waals surface area contributed by atoms with Gasteiger partial charge in [0, 0.05) is 76.0 Å². The maximum Gasteiger partial charge on any atom is 0.404 e. The highest BCUT2D eigenvalue weighted by molar-refractivity contribution is 5.92. The number of nitrogens with one attached hydrogen (secondary N) is 7. The van der Waals surface area contributed by atoms with Gasteiger partial charge in [-0.05, 0) is 57.9 Å². The first kappa shape index (κ1) is 51.9. The number of guanidine groups is 1. The second kappa shape index (κ2) is 26.9. The number of nitrogens with two attached hydrogens (primary N) is 6. The molecule has 0 aromatic heterocycles. The molecule has 62 heavy (non-hydrogen) atoms. The molecule has 2 saturated heterocycles. The van der Waals surface area contributed by atoms with Gasteiger partial charge in [0.05, 0.1) is 18.8 Å². The predicted molar refractivity (Wildman–Crippen MR) is 224 cm³/mol. The van der Waals surface area contributed by atoms with E-state index < -0.39 is 85.4 Å². The molecular formula is C37H70N14O11. The van der Waals surface area contributed by atoms with Gasteiger partial charge in [0.15, 0.2) is 24.3 Å². The van der Waals surface area contributed by atoms with E-state index in [-0.39, 0.29) is 74.5 Å². The lowest BCUT2D eigenvalue weighted by atomic mass is 9.95. The monoisotopic (exact) mass is 887 g/mol. The van der Waals surface area contributed by atoms with Crippen LogP contribution >= 0.6 is 0 Å². The summed E-state index contributed by atoms with van der Waals surface area (Å²) in [5.74, 6) is -1.59. The largest absolute Gasteiger partial charge is 0.441 e. The van der Waals surface area contributed by atoms with Gasteiger partial charge in [-0.2, -0.15) is 0 Å². The van der Waals surface area contributed by atoms with E-state index in [1.54, 1.807) is 0 Å². The molecule has 3 rings (SSSR count). The molecule has 25 heteroatoms. The Morgan fingerprint density at radius 2 is 1.27 bits per heavy atom. The summed E-state index contributed by atoms with van der Waals surface area (Å²) in [6.45, 7) is 0.932. The van der Waals surface area contributed by atoms with Gasteiger partial charge in [-0.25, -0.2) is 9.79 Å². The Kier molecular flexibility index (Phi) is 22.5. The number of β-amino-alcohol motifs (C(OH)–C–C–N with tert-alkyl or cyclic N) is 1. The molecule has 354 valence electrons. The minimum Gasteiger partial charge on any atom is -0.441 e. The number of primary amides is 1. The van der Waals surface area contributed by atoms with E-state index in [4.69, 9.17) is 43.9 Å². The lowest BCUT2D eigenvalue weighted by Crippen LogP contribution is -2.70. The van der Waals surface area contributed by atoms with Crippen molar-refractivity contribution >= 4 is 41.6 Å². The molecular weight excluding hydrogens is 816 g/mol. The number of aliphatic imine (C=N–C) groups is 1. The number of fused-ring (bicyclic) bond motifs is 1. The average Bonchev–Trinajstić information content (AvgIpc) is 3.64. The minimum atomic E-state index is -1.64. The number of rotatable bonds is 27. The number of hydrogen-bond acceptors (Lipinski definition) is 19. The summed E-state index contributed by atoms with van der Waals surface area (Å²) in [5, 5.41) is 50.8. The van der Waals surface area contributed by atoms with Gasteiger partial charge in [-0.3, -0.25) is 24.0 Å². The van der Waals surface area contributed by atoms with Gasteiger partial charge in [0.2, 0.25) is 29.5 Å². The van der Waals surface area contributed by atoms with E-state index in [1.165, 1.54) is 0 Å². The number of carbonyl (C=O) groups is 6. The Bertz CT molecular complexity index is 1500. The van der Waals surface area contributed by atoms with Crippen LogP contribution in [0.5, 0.6) is 0 Å².